The van der Waals surface area contributed by atoms with Gasteiger partial charge in [0.2, 0.25) is 5.91 Å². The van der Waals surface area contributed by atoms with Gasteiger partial charge in [0, 0.05) is 12.1 Å². The van der Waals surface area contributed by atoms with E-state index in [1.807, 2.05) is 17.5 Å². The molecule has 0 atom stereocenters. The fourth-order valence-electron chi connectivity index (χ4n) is 3.38. The molecule has 0 aliphatic rings. The number of halogens is 6. The zero-order chi connectivity index (χ0) is 26.6. The number of benzene rings is 2. The normalized spacial score (nSPS) is 12.1. The third-order valence-electron chi connectivity index (χ3n) is 5.17. The average molecular weight is 533 g/mol. The molecule has 0 bridgehead atoms. The monoisotopic (exact) mass is 533 g/mol. The van der Waals surface area contributed by atoms with Crippen LogP contribution < -0.4 is 5.32 Å². The number of hydrogen-bond donors (Lipinski definition) is 2. The van der Waals surface area contributed by atoms with E-state index in [2.05, 4.69) is 15.5 Å². The third-order valence-corrected chi connectivity index (χ3v) is 6.08. The Hall–Kier alpha value is -4.12. The van der Waals surface area contributed by atoms with E-state index in [4.69, 9.17) is 0 Å². The number of nitrogens with zero attached hydrogens (tertiary/aromatic N) is 1. The number of carbonyl (C=O) groups excluding carboxylic acids is 1. The molecule has 4 nitrogen and oxygen atoms in total. The lowest BCUT2D eigenvalue weighted by Crippen LogP contribution is -2.07. The summed E-state index contributed by atoms with van der Waals surface area (Å²) in [5, 5.41) is 11.3. The molecule has 2 heterocycles. The van der Waals surface area contributed by atoms with Crippen LogP contribution in [0.2, 0.25) is 0 Å². The van der Waals surface area contributed by atoms with Gasteiger partial charge in [-0.3, -0.25) is 9.89 Å². The molecular formula is C26H17F6N3OS. The molecule has 11 heteroatoms. The highest BCUT2D eigenvalue weighted by atomic mass is 32.1. The van der Waals surface area contributed by atoms with E-state index in [9.17, 15) is 31.1 Å². The molecule has 1 amide bonds. The summed E-state index contributed by atoms with van der Waals surface area (Å²) >= 11 is 1.49. The van der Waals surface area contributed by atoms with Gasteiger partial charge in [-0.05, 0) is 52.4 Å². The molecule has 2 N–H and O–H groups in total. The van der Waals surface area contributed by atoms with Crippen molar-refractivity contribution in [2.24, 2.45) is 0 Å². The molecule has 4 rings (SSSR count). The number of H-pyrrole nitrogens is 1. The molecule has 0 spiro atoms. The van der Waals surface area contributed by atoms with Crippen molar-refractivity contribution in [1.29, 1.82) is 0 Å². The quantitative estimate of drug-likeness (QED) is 0.151. The SMILES string of the molecule is O=C(/C=C/C=C(c1ccc(C(F)(F)F)cc1)c1ccc(C(F)(F)F)cc1)Nc1cc(-c2cccs2)[nH]n1. The van der Waals surface area contributed by atoms with Crippen LogP contribution >= 0.6 is 11.3 Å². The van der Waals surface area contributed by atoms with Gasteiger partial charge < -0.3 is 5.32 Å². The number of carbonyl (C=O) groups is 1. The number of amides is 1. The smallest absolute Gasteiger partial charge is 0.306 e. The fraction of sp³-hybridized carbons (Fsp3) is 0.0769. The maximum atomic E-state index is 13.0. The summed E-state index contributed by atoms with van der Waals surface area (Å²) in [6, 6.07) is 13.8. The molecule has 0 saturated heterocycles. The molecule has 0 radical (unpaired) electrons. The summed E-state index contributed by atoms with van der Waals surface area (Å²) in [4.78, 5) is 13.3. The Morgan fingerprint density at radius 3 is 1.92 bits per heavy atom. The van der Waals surface area contributed by atoms with Gasteiger partial charge in [0.15, 0.2) is 5.82 Å². The second-order valence-electron chi connectivity index (χ2n) is 7.72. The van der Waals surface area contributed by atoms with E-state index in [-0.39, 0.29) is 5.82 Å². The van der Waals surface area contributed by atoms with Crippen molar-refractivity contribution in [3.05, 3.63) is 113 Å². The highest BCUT2D eigenvalue weighted by molar-refractivity contribution is 7.13. The minimum Gasteiger partial charge on any atom is -0.306 e. The summed E-state index contributed by atoms with van der Waals surface area (Å²) in [5.74, 6) is -0.243. The average Bonchev–Trinajstić information content (AvgIpc) is 3.53. The highest BCUT2D eigenvalue weighted by Crippen LogP contribution is 2.33. The molecule has 2 aromatic heterocycles. The third kappa shape index (κ3) is 6.56. The van der Waals surface area contributed by atoms with E-state index < -0.39 is 29.4 Å². The van der Waals surface area contributed by atoms with Gasteiger partial charge in [0.05, 0.1) is 21.7 Å². The lowest BCUT2D eigenvalue weighted by atomic mass is 9.95. The predicted octanol–water partition coefficient (Wildman–Crippen LogP) is 7.80. The summed E-state index contributed by atoms with van der Waals surface area (Å²) in [6.07, 6.45) is -5.11. The number of rotatable bonds is 6. The lowest BCUT2D eigenvalue weighted by molar-refractivity contribution is -0.138. The van der Waals surface area contributed by atoms with E-state index in [1.54, 1.807) is 6.07 Å². The topological polar surface area (TPSA) is 57.8 Å². The van der Waals surface area contributed by atoms with Crippen LogP contribution in [0.15, 0.2) is 90.3 Å². The van der Waals surface area contributed by atoms with Crippen LogP contribution in [0.1, 0.15) is 22.3 Å². The number of aromatic amines is 1. The number of allylic oxidation sites excluding steroid dienone is 2. The first kappa shape index (κ1) is 26.0. The van der Waals surface area contributed by atoms with Crippen molar-refractivity contribution in [2.45, 2.75) is 12.4 Å². The van der Waals surface area contributed by atoms with Crippen molar-refractivity contribution < 1.29 is 31.1 Å². The molecule has 0 aliphatic heterocycles. The van der Waals surface area contributed by atoms with Crippen LogP contribution in [0.5, 0.6) is 0 Å². The van der Waals surface area contributed by atoms with Crippen LogP contribution in [0, 0.1) is 0 Å². The molecule has 4 aromatic rings. The van der Waals surface area contributed by atoms with Gasteiger partial charge in [0.25, 0.3) is 0 Å². The minimum absolute atomic E-state index is 0.285. The first-order valence-electron chi connectivity index (χ1n) is 10.6. The second-order valence-corrected chi connectivity index (χ2v) is 8.67. The summed E-state index contributed by atoms with van der Waals surface area (Å²) in [7, 11) is 0. The standard InChI is InChI=1S/C26H17F6N3OS/c27-25(28,29)18-10-6-16(7-11-18)20(17-8-12-19(13-9-17)26(30,31)32)3-1-5-24(36)33-23-15-21(34-35-23)22-4-2-14-37-22/h1-15H,(H2,33,34,35,36)/b5-1+. The van der Waals surface area contributed by atoms with Crippen LogP contribution in [0.4, 0.5) is 32.2 Å². The largest absolute Gasteiger partial charge is 0.416 e. The molecule has 0 unspecified atom stereocenters. The predicted molar refractivity (Wildman–Crippen MR) is 130 cm³/mol. The molecule has 2 aromatic carbocycles. The zero-order valence-corrected chi connectivity index (χ0v) is 19.5. The number of nitrogens with one attached hydrogen (secondary N) is 2. The molecule has 190 valence electrons. The Labute approximate surface area is 211 Å². The van der Waals surface area contributed by atoms with Crippen LogP contribution in [-0.4, -0.2) is 16.1 Å². The lowest BCUT2D eigenvalue weighted by Gasteiger charge is -2.12. The maximum Gasteiger partial charge on any atom is 0.416 e. The first-order chi connectivity index (χ1) is 17.5. The molecule has 0 aliphatic carbocycles. The van der Waals surface area contributed by atoms with E-state index in [1.165, 1.54) is 53.8 Å². The minimum atomic E-state index is -4.54. The van der Waals surface area contributed by atoms with Crippen LogP contribution in [0.3, 0.4) is 0 Å². The van der Waals surface area contributed by atoms with Crippen LogP contribution in [0.25, 0.3) is 16.1 Å². The van der Waals surface area contributed by atoms with Gasteiger partial charge in [0.1, 0.15) is 0 Å². The summed E-state index contributed by atoms with van der Waals surface area (Å²) < 4.78 is 77.8. The van der Waals surface area contributed by atoms with Crippen molar-refractivity contribution in [3.63, 3.8) is 0 Å². The fourth-order valence-corrected chi connectivity index (χ4v) is 4.07. The Bertz CT molecular complexity index is 1360. The number of hydrogen-bond acceptors (Lipinski definition) is 3. The zero-order valence-electron chi connectivity index (χ0n) is 18.7. The van der Waals surface area contributed by atoms with Crippen molar-refractivity contribution in [2.75, 3.05) is 5.32 Å². The molecule has 37 heavy (non-hydrogen) atoms. The second kappa shape index (κ2) is 10.5. The Morgan fingerprint density at radius 1 is 0.865 bits per heavy atom. The van der Waals surface area contributed by atoms with Gasteiger partial charge >= 0.3 is 12.4 Å². The maximum absolute atomic E-state index is 13.0. The van der Waals surface area contributed by atoms with Gasteiger partial charge in [-0.1, -0.05) is 42.5 Å². The first-order valence-corrected chi connectivity index (χ1v) is 11.5. The van der Waals surface area contributed by atoms with Gasteiger partial charge in [-0.25, -0.2) is 0 Å². The van der Waals surface area contributed by atoms with E-state index in [0.29, 0.717) is 16.7 Å². The Morgan fingerprint density at radius 2 is 1.43 bits per heavy atom. The summed E-state index contributed by atoms with van der Waals surface area (Å²) in [5.41, 5.74) is -0.0264. The number of aromatic nitrogens is 2. The summed E-state index contributed by atoms with van der Waals surface area (Å²) in [6.45, 7) is 0. The molecule has 0 fully saturated rings. The highest BCUT2D eigenvalue weighted by Gasteiger charge is 2.31. The van der Waals surface area contributed by atoms with E-state index >= 15 is 0 Å². The Balaban J connectivity index is 1.57. The molecule has 0 saturated carbocycles. The number of alkyl halides is 6. The van der Waals surface area contributed by atoms with Gasteiger partial charge in [-0.15, -0.1) is 11.3 Å². The van der Waals surface area contributed by atoms with Crippen molar-refractivity contribution >= 4 is 28.6 Å². The Kier molecular flexibility index (Phi) is 7.35. The van der Waals surface area contributed by atoms with Crippen molar-refractivity contribution in [3.8, 4) is 10.6 Å². The van der Waals surface area contributed by atoms with Gasteiger partial charge in [-0.2, -0.15) is 31.4 Å². The van der Waals surface area contributed by atoms with E-state index in [0.717, 1.165) is 34.8 Å². The number of thiophene rings is 1. The van der Waals surface area contributed by atoms with Crippen molar-refractivity contribution in [1.82, 2.24) is 10.2 Å². The number of anilines is 1. The van der Waals surface area contributed by atoms with Crippen LogP contribution in [-0.2, 0) is 17.1 Å². The molecular weight excluding hydrogens is 516 g/mol.